The maximum absolute atomic E-state index is 11.7. The highest BCUT2D eigenvalue weighted by molar-refractivity contribution is 5.85. The molecule has 0 bridgehead atoms. The number of nitrogens with zero attached hydrogens (tertiary/aromatic N) is 2. The highest BCUT2D eigenvalue weighted by Gasteiger charge is 2.23. The normalized spacial score (nSPS) is 16.3. The molecule has 6 nitrogen and oxygen atoms in total. The number of ether oxygens (including phenoxy) is 1. The molecular weight excluding hydrogens is 282 g/mol. The molecule has 1 rings (SSSR count). The van der Waals surface area contributed by atoms with E-state index in [4.69, 9.17) is 0 Å². The summed E-state index contributed by atoms with van der Waals surface area (Å²) in [6.07, 6.45) is -0.263. The Hall–Kier alpha value is -1.01. The molecule has 1 aliphatic heterocycles. The third-order valence-corrected chi connectivity index (χ3v) is 3.20. The number of hydrogen-bond donors (Lipinski definition) is 1. The number of hydrogen-bond acceptors (Lipinski definition) is 4. The summed E-state index contributed by atoms with van der Waals surface area (Å²) >= 11 is 0. The molecule has 1 aliphatic rings. The Bertz CT molecular complexity index is 323. The molecule has 1 saturated heterocycles. The number of piperazine rings is 1. The van der Waals surface area contributed by atoms with E-state index in [-0.39, 0.29) is 29.8 Å². The third kappa shape index (κ3) is 5.96. The molecule has 20 heavy (non-hydrogen) atoms. The fraction of sp³-hybridized carbons (Fsp3) is 0.846. The molecule has 0 unspecified atom stereocenters. The first-order chi connectivity index (χ1) is 8.84. The Kier molecular flexibility index (Phi) is 7.90. The van der Waals surface area contributed by atoms with Gasteiger partial charge in [0.1, 0.15) is 0 Å². The average Bonchev–Trinajstić information content (AvgIpc) is 2.37. The fourth-order valence-corrected chi connectivity index (χ4v) is 1.88. The standard InChI is InChI=1S/C13H25N3O3.ClH/c1-13(2,3)11(17)14-5-6-15-7-9-16(10-8-15)12(18)19-4;/h5-10H2,1-4H3,(H,14,17);1H. The smallest absolute Gasteiger partial charge is 0.409 e. The second-order valence-electron chi connectivity index (χ2n) is 5.80. The van der Waals surface area contributed by atoms with E-state index in [1.807, 2.05) is 20.8 Å². The summed E-state index contributed by atoms with van der Waals surface area (Å²) in [5.41, 5.74) is -0.344. The highest BCUT2D eigenvalue weighted by atomic mass is 35.5. The van der Waals surface area contributed by atoms with Gasteiger partial charge >= 0.3 is 6.09 Å². The zero-order chi connectivity index (χ0) is 14.5. The molecule has 2 amide bonds. The van der Waals surface area contributed by atoms with Gasteiger partial charge in [0.15, 0.2) is 0 Å². The fourth-order valence-electron chi connectivity index (χ4n) is 1.88. The van der Waals surface area contributed by atoms with E-state index in [0.717, 1.165) is 19.6 Å². The largest absolute Gasteiger partial charge is 0.453 e. The van der Waals surface area contributed by atoms with Crippen LogP contribution in [0.4, 0.5) is 4.79 Å². The van der Waals surface area contributed by atoms with Crippen molar-refractivity contribution in [3.8, 4) is 0 Å². The molecule has 0 aromatic heterocycles. The van der Waals surface area contributed by atoms with E-state index >= 15 is 0 Å². The summed E-state index contributed by atoms with van der Waals surface area (Å²) in [5, 5.41) is 2.93. The van der Waals surface area contributed by atoms with Crippen molar-refractivity contribution in [1.82, 2.24) is 15.1 Å². The molecule has 7 heteroatoms. The van der Waals surface area contributed by atoms with Gasteiger partial charge in [-0.2, -0.15) is 0 Å². The monoisotopic (exact) mass is 307 g/mol. The van der Waals surface area contributed by atoms with Gasteiger partial charge in [-0.1, -0.05) is 20.8 Å². The molecule has 0 radical (unpaired) electrons. The van der Waals surface area contributed by atoms with Crippen molar-refractivity contribution in [3.05, 3.63) is 0 Å². The number of rotatable bonds is 3. The first-order valence-electron chi connectivity index (χ1n) is 6.68. The van der Waals surface area contributed by atoms with Crippen molar-refractivity contribution in [3.63, 3.8) is 0 Å². The maximum Gasteiger partial charge on any atom is 0.409 e. The van der Waals surface area contributed by atoms with E-state index in [1.165, 1.54) is 7.11 Å². The van der Waals surface area contributed by atoms with Crippen molar-refractivity contribution < 1.29 is 14.3 Å². The van der Waals surface area contributed by atoms with Gasteiger partial charge in [-0.05, 0) is 0 Å². The second-order valence-corrected chi connectivity index (χ2v) is 5.80. The summed E-state index contributed by atoms with van der Waals surface area (Å²) in [5.74, 6) is 0.0701. The van der Waals surface area contributed by atoms with Gasteiger partial charge in [-0.25, -0.2) is 4.79 Å². The minimum absolute atomic E-state index is 0. The van der Waals surface area contributed by atoms with Crippen LogP contribution in [0, 0.1) is 5.41 Å². The summed E-state index contributed by atoms with van der Waals surface area (Å²) in [6.45, 7) is 10.2. The van der Waals surface area contributed by atoms with Crippen LogP contribution >= 0.6 is 12.4 Å². The Balaban J connectivity index is 0.00000361. The second kappa shape index (κ2) is 8.32. The zero-order valence-corrected chi connectivity index (χ0v) is 13.6. The van der Waals surface area contributed by atoms with Gasteiger partial charge in [-0.15, -0.1) is 12.4 Å². The van der Waals surface area contributed by atoms with Crippen LogP contribution in [-0.4, -0.2) is 68.2 Å². The van der Waals surface area contributed by atoms with Crippen LogP contribution in [0.2, 0.25) is 0 Å². The average molecular weight is 308 g/mol. The number of methoxy groups -OCH3 is 1. The predicted octanol–water partition coefficient (Wildman–Crippen LogP) is 0.954. The zero-order valence-electron chi connectivity index (χ0n) is 12.8. The first-order valence-corrected chi connectivity index (χ1v) is 6.68. The lowest BCUT2D eigenvalue weighted by atomic mass is 9.96. The quantitative estimate of drug-likeness (QED) is 0.843. The van der Waals surface area contributed by atoms with Gasteiger partial charge in [0.05, 0.1) is 7.11 Å². The van der Waals surface area contributed by atoms with Crippen LogP contribution in [0.1, 0.15) is 20.8 Å². The van der Waals surface area contributed by atoms with Crippen molar-refractivity contribution in [2.24, 2.45) is 5.41 Å². The van der Waals surface area contributed by atoms with Crippen molar-refractivity contribution in [1.29, 1.82) is 0 Å². The van der Waals surface area contributed by atoms with Gasteiger partial charge in [0.25, 0.3) is 0 Å². The Morgan fingerprint density at radius 3 is 2.15 bits per heavy atom. The van der Waals surface area contributed by atoms with Gasteiger partial charge < -0.3 is 15.0 Å². The Labute approximate surface area is 127 Å². The van der Waals surface area contributed by atoms with Crippen LogP contribution in [0.25, 0.3) is 0 Å². The Morgan fingerprint density at radius 1 is 1.15 bits per heavy atom. The molecule has 1 heterocycles. The lowest BCUT2D eigenvalue weighted by Crippen LogP contribution is -2.50. The third-order valence-electron chi connectivity index (χ3n) is 3.20. The minimum Gasteiger partial charge on any atom is -0.453 e. The van der Waals surface area contributed by atoms with Crippen molar-refractivity contribution in [2.45, 2.75) is 20.8 Å². The number of halogens is 1. The van der Waals surface area contributed by atoms with Crippen LogP contribution in [0.5, 0.6) is 0 Å². The summed E-state index contributed by atoms with van der Waals surface area (Å²) in [7, 11) is 1.40. The van der Waals surface area contributed by atoms with E-state index in [1.54, 1.807) is 4.90 Å². The van der Waals surface area contributed by atoms with Crippen LogP contribution < -0.4 is 5.32 Å². The molecule has 0 saturated carbocycles. The topological polar surface area (TPSA) is 61.9 Å². The van der Waals surface area contributed by atoms with Gasteiger partial charge in [-0.3, -0.25) is 9.69 Å². The van der Waals surface area contributed by atoms with E-state index in [9.17, 15) is 9.59 Å². The van der Waals surface area contributed by atoms with E-state index in [0.29, 0.717) is 19.6 Å². The lowest BCUT2D eigenvalue weighted by Gasteiger charge is -2.33. The number of nitrogens with one attached hydrogen (secondary N) is 1. The van der Waals surface area contributed by atoms with E-state index < -0.39 is 0 Å². The number of amides is 2. The molecule has 0 aromatic rings. The summed E-state index contributed by atoms with van der Waals surface area (Å²) in [4.78, 5) is 26.9. The van der Waals surface area contributed by atoms with Crippen LogP contribution in [0.3, 0.4) is 0 Å². The highest BCUT2D eigenvalue weighted by Crippen LogP contribution is 2.12. The van der Waals surface area contributed by atoms with Crippen LogP contribution in [-0.2, 0) is 9.53 Å². The van der Waals surface area contributed by atoms with Crippen molar-refractivity contribution in [2.75, 3.05) is 46.4 Å². The van der Waals surface area contributed by atoms with E-state index in [2.05, 4.69) is 15.0 Å². The van der Waals surface area contributed by atoms with Crippen LogP contribution in [0.15, 0.2) is 0 Å². The summed E-state index contributed by atoms with van der Waals surface area (Å²) in [6, 6.07) is 0. The van der Waals surface area contributed by atoms with Gasteiger partial charge in [0, 0.05) is 44.7 Å². The Morgan fingerprint density at radius 2 is 1.70 bits per heavy atom. The maximum atomic E-state index is 11.7. The molecule has 1 fully saturated rings. The van der Waals surface area contributed by atoms with Crippen molar-refractivity contribution >= 4 is 24.4 Å². The molecule has 0 spiro atoms. The molecule has 118 valence electrons. The molecule has 0 aromatic carbocycles. The number of carbonyl (C=O) groups is 2. The number of carbonyl (C=O) groups excluding carboxylic acids is 2. The summed E-state index contributed by atoms with van der Waals surface area (Å²) < 4.78 is 4.69. The molecule has 1 N–H and O–H groups in total. The van der Waals surface area contributed by atoms with Gasteiger partial charge in [0.2, 0.25) is 5.91 Å². The minimum atomic E-state index is -0.344. The molecular formula is C13H26ClN3O3. The molecule has 0 aliphatic carbocycles. The predicted molar refractivity (Wildman–Crippen MR) is 80.1 cm³/mol. The lowest BCUT2D eigenvalue weighted by molar-refractivity contribution is -0.128. The first kappa shape index (κ1) is 19.0. The molecule has 0 atom stereocenters. The SMILES string of the molecule is COC(=O)N1CCN(CCNC(=O)C(C)(C)C)CC1.Cl.